The molecule has 0 atom stereocenters. The fourth-order valence-electron chi connectivity index (χ4n) is 4.59. The van der Waals surface area contributed by atoms with Gasteiger partial charge in [0.05, 0.1) is 22.9 Å². The molecule has 0 saturated carbocycles. The average molecular weight is 459 g/mol. The normalized spacial score (nSPS) is 14.6. The van der Waals surface area contributed by atoms with Gasteiger partial charge in [-0.1, -0.05) is 30.3 Å². The quantitative estimate of drug-likeness (QED) is 0.456. The summed E-state index contributed by atoms with van der Waals surface area (Å²) in [6.45, 7) is 1.48. The van der Waals surface area contributed by atoms with Crippen LogP contribution < -0.4 is 11.2 Å². The summed E-state index contributed by atoms with van der Waals surface area (Å²) < 4.78 is 4.54. The van der Waals surface area contributed by atoms with Crippen LogP contribution in [-0.2, 0) is 18.4 Å². The molecule has 1 amide bonds. The number of hydrogen-bond donors (Lipinski definition) is 0. The van der Waals surface area contributed by atoms with E-state index in [1.165, 1.54) is 15.6 Å². The number of aryl methyl sites for hydroxylation is 2. The van der Waals surface area contributed by atoms with Crippen molar-refractivity contribution in [3.05, 3.63) is 87.6 Å². The van der Waals surface area contributed by atoms with Gasteiger partial charge in [0.15, 0.2) is 0 Å². The lowest BCUT2D eigenvalue weighted by molar-refractivity contribution is -0.132. The number of aromatic nitrogens is 5. The molecular weight excluding hydrogens is 432 g/mol. The lowest BCUT2D eigenvalue weighted by Gasteiger charge is -2.31. The van der Waals surface area contributed by atoms with E-state index in [1.807, 2.05) is 47.4 Å². The van der Waals surface area contributed by atoms with Crippen molar-refractivity contribution >= 4 is 16.8 Å². The highest BCUT2D eigenvalue weighted by atomic mass is 16.2. The number of likely N-dealkylation sites (tertiary alicyclic amines) is 1. The van der Waals surface area contributed by atoms with Gasteiger partial charge in [0, 0.05) is 39.0 Å². The third-order valence-electron chi connectivity index (χ3n) is 6.47. The van der Waals surface area contributed by atoms with Crippen molar-refractivity contribution in [1.82, 2.24) is 28.8 Å². The van der Waals surface area contributed by atoms with Crippen molar-refractivity contribution in [1.29, 1.82) is 0 Å². The molecular formula is C25H26N6O3. The molecule has 0 radical (unpaired) electrons. The number of nitrogens with zero attached hydrogens (tertiary/aromatic N) is 6. The molecule has 9 heteroatoms. The molecule has 9 nitrogen and oxygen atoms in total. The number of hydrogen-bond acceptors (Lipinski definition) is 5. The molecule has 5 rings (SSSR count). The Bertz CT molecular complexity index is 1450. The van der Waals surface area contributed by atoms with Crippen LogP contribution in [-0.4, -0.2) is 47.8 Å². The second-order valence-electron chi connectivity index (χ2n) is 8.60. The summed E-state index contributed by atoms with van der Waals surface area (Å²) in [5, 5.41) is 5.06. The van der Waals surface area contributed by atoms with Gasteiger partial charge in [-0.2, -0.15) is 5.10 Å². The number of para-hydroxylation sites is 2. The molecule has 34 heavy (non-hydrogen) atoms. The zero-order chi connectivity index (χ0) is 23.7. The van der Waals surface area contributed by atoms with Gasteiger partial charge in [-0.25, -0.2) is 19.0 Å². The first-order chi connectivity index (χ1) is 16.5. The summed E-state index contributed by atoms with van der Waals surface area (Å²) in [6, 6.07) is 16.7. The summed E-state index contributed by atoms with van der Waals surface area (Å²) in [6.07, 6.45) is 3.20. The Labute approximate surface area is 195 Å². The van der Waals surface area contributed by atoms with Gasteiger partial charge in [0.1, 0.15) is 5.82 Å². The highest BCUT2D eigenvalue weighted by molar-refractivity contribution is 5.77. The SMILES string of the molecule is Cn1nc(C2CCN(C(=O)CCn3cnc4ccccc4c3=O)CC2)n(-c2ccccc2)c1=O. The number of piperidine rings is 1. The van der Waals surface area contributed by atoms with Crippen LogP contribution in [0.3, 0.4) is 0 Å². The first kappa shape index (κ1) is 21.8. The summed E-state index contributed by atoms with van der Waals surface area (Å²) in [4.78, 5) is 44.4. The molecule has 0 aliphatic carbocycles. The maximum Gasteiger partial charge on any atom is 0.350 e. The summed E-state index contributed by atoms with van der Waals surface area (Å²) >= 11 is 0. The van der Waals surface area contributed by atoms with Crippen molar-refractivity contribution < 1.29 is 4.79 Å². The lowest BCUT2D eigenvalue weighted by Crippen LogP contribution is -2.39. The van der Waals surface area contributed by atoms with Crippen LogP contribution in [0.5, 0.6) is 0 Å². The van der Waals surface area contributed by atoms with Crippen LogP contribution in [0, 0.1) is 0 Å². The van der Waals surface area contributed by atoms with Crippen molar-refractivity contribution in [2.45, 2.75) is 31.7 Å². The van der Waals surface area contributed by atoms with E-state index in [9.17, 15) is 14.4 Å². The minimum absolute atomic E-state index is 0.0139. The summed E-state index contributed by atoms with van der Waals surface area (Å²) in [7, 11) is 1.66. The van der Waals surface area contributed by atoms with E-state index >= 15 is 0 Å². The van der Waals surface area contributed by atoms with Gasteiger partial charge in [-0.15, -0.1) is 0 Å². The molecule has 1 aliphatic heterocycles. The maximum absolute atomic E-state index is 12.9. The molecule has 3 heterocycles. The van der Waals surface area contributed by atoms with Gasteiger partial charge in [0.2, 0.25) is 5.91 Å². The Morgan fingerprint density at radius 2 is 1.71 bits per heavy atom. The predicted octanol–water partition coefficient (Wildman–Crippen LogP) is 2.08. The highest BCUT2D eigenvalue weighted by Crippen LogP contribution is 2.27. The van der Waals surface area contributed by atoms with Crippen LogP contribution in [0.25, 0.3) is 16.6 Å². The van der Waals surface area contributed by atoms with Crippen LogP contribution in [0.2, 0.25) is 0 Å². The van der Waals surface area contributed by atoms with E-state index in [1.54, 1.807) is 23.7 Å². The lowest BCUT2D eigenvalue weighted by atomic mass is 9.95. The Hall–Kier alpha value is -4.01. The molecule has 4 aromatic rings. The summed E-state index contributed by atoms with van der Waals surface area (Å²) in [5.41, 5.74) is 1.14. The zero-order valence-electron chi connectivity index (χ0n) is 19.0. The molecule has 0 N–H and O–H groups in total. The topological polar surface area (TPSA) is 95.0 Å². The number of fused-ring (bicyclic) bond motifs is 1. The molecule has 1 aliphatic rings. The van der Waals surface area contributed by atoms with Crippen LogP contribution in [0.15, 0.2) is 70.5 Å². The predicted molar refractivity (Wildman–Crippen MR) is 128 cm³/mol. The molecule has 1 saturated heterocycles. The smallest absolute Gasteiger partial charge is 0.343 e. The maximum atomic E-state index is 12.9. The molecule has 174 valence electrons. The van der Waals surface area contributed by atoms with E-state index in [-0.39, 0.29) is 29.5 Å². The van der Waals surface area contributed by atoms with Gasteiger partial charge in [0.25, 0.3) is 5.56 Å². The standard InChI is InChI=1S/C25H26N6O3/c1-28-25(34)31(19-7-3-2-4-8-19)23(27-28)18-11-14-29(15-12-18)22(32)13-16-30-17-26-21-10-6-5-9-20(21)24(30)33/h2-10,17-18H,11-16H2,1H3. The third kappa shape index (κ3) is 4.05. The van der Waals surface area contributed by atoms with E-state index in [0.29, 0.717) is 30.5 Å². The van der Waals surface area contributed by atoms with E-state index in [2.05, 4.69) is 10.1 Å². The zero-order valence-corrected chi connectivity index (χ0v) is 19.0. The number of carbonyl (C=O) groups is 1. The van der Waals surface area contributed by atoms with Crippen molar-refractivity contribution in [3.8, 4) is 5.69 Å². The molecule has 0 unspecified atom stereocenters. The van der Waals surface area contributed by atoms with Crippen molar-refractivity contribution in [2.75, 3.05) is 13.1 Å². The van der Waals surface area contributed by atoms with Gasteiger partial charge in [-0.05, 0) is 37.1 Å². The minimum atomic E-state index is -0.172. The largest absolute Gasteiger partial charge is 0.350 e. The molecule has 0 bridgehead atoms. The van der Waals surface area contributed by atoms with E-state index in [4.69, 9.17) is 0 Å². The first-order valence-corrected chi connectivity index (χ1v) is 11.5. The number of rotatable bonds is 5. The van der Waals surface area contributed by atoms with E-state index < -0.39 is 0 Å². The number of benzene rings is 2. The van der Waals surface area contributed by atoms with Gasteiger partial charge in [-0.3, -0.25) is 14.2 Å². The second kappa shape index (κ2) is 9.09. The van der Waals surface area contributed by atoms with Gasteiger partial charge >= 0.3 is 5.69 Å². The van der Waals surface area contributed by atoms with E-state index in [0.717, 1.165) is 24.4 Å². The van der Waals surface area contributed by atoms with Crippen LogP contribution in [0.4, 0.5) is 0 Å². The highest BCUT2D eigenvalue weighted by Gasteiger charge is 2.28. The molecule has 1 fully saturated rings. The Morgan fingerprint density at radius 3 is 2.47 bits per heavy atom. The number of amides is 1. The molecule has 2 aromatic heterocycles. The Balaban J connectivity index is 1.25. The average Bonchev–Trinajstić information content (AvgIpc) is 3.18. The number of carbonyl (C=O) groups excluding carboxylic acids is 1. The summed E-state index contributed by atoms with van der Waals surface area (Å²) in [5.74, 6) is 0.838. The van der Waals surface area contributed by atoms with Gasteiger partial charge < -0.3 is 4.90 Å². The monoisotopic (exact) mass is 458 g/mol. The second-order valence-corrected chi connectivity index (χ2v) is 8.60. The van der Waals surface area contributed by atoms with Crippen molar-refractivity contribution in [2.24, 2.45) is 7.05 Å². The first-order valence-electron chi connectivity index (χ1n) is 11.5. The fourth-order valence-corrected chi connectivity index (χ4v) is 4.59. The molecule has 0 spiro atoms. The van der Waals surface area contributed by atoms with Crippen LogP contribution in [0.1, 0.15) is 31.0 Å². The minimum Gasteiger partial charge on any atom is -0.343 e. The Kier molecular flexibility index (Phi) is 5.83. The Morgan fingerprint density at radius 1 is 1.00 bits per heavy atom. The fraction of sp³-hybridized carbons (Fsp3) is 0.320. The van der Waals surface area contributed by atoms with Crippen molar-refractivity contribution in [3.63, 3.8) is 0 Å². The van der Waals surface area contributed by atoms with Crippen LogP contribution >= 0.6 is 0 Å². The molecule has 2 aromatic carbocycles. The third-order valence-corrected chi connectivity index (χ3v) is 6.47.